The van der Waals surface area contributed by atoms with Gasteiger partial charge in [-0.2, -0.15) is 0 Å². The van der Waals surface area contributed by atoms with Gasteiger partial charge in [0.15, 0.2) is 0 Å². The molecule has 0 aromatic heterocycles. The number of alkyl halides is 1. The standard InChI is InChI=1S/C16H39N3Si2.C10H21ClN2.C4H10O.ClH.Li/c1-14(2)17-11-12-18(15(3)4)16(17)13-19(20(5,6)7)21(8,9)10;1-8(2)12-5-6-13(9(3)4)10(12)7-11;1-3-5-4-2;;/h14-16H,11-13H2,1-10H3;8-10H,5-7H2,1-4H3;3-4H2,1-2H3;1H;/q;;;;+1/p-1. The minimum Gasteiger partial charge on any atom is -1.00 e. The van der Waals surface area contributed by atoms with Crippen LogP contribution < -0.4 is 31.3 Å². The Morgan fingerprint density at radius 2 is 0.902 bits per heavy atom. The molecule has 6 nitrogen and oxygen atoms in total. The van der Waals surface area contributed by atoms with Crippen molar-refractivity contribution >= 4 is 28.1 Å². The molecule has 2 aliphatic rings. The Morgan fingerprint density at radius 1 is 0.634 bits per heavy atom. The van der Waals surface area contributed by atoms with Crippen LogP contribution in [0.5, 0.6) is 0 Å². The van der Waals surface area contributed by atoms with Crippen molar-refractivity contribution in [2.75, 3.05) is 51.8 Å². The Balaban J connectivity index is -0.000000618. The largest absolute Gasteiger partial charge is 1.00 e. The Hall–Kier alpha value is 1.37. The van der Waals surface area contributed by atoms with Gasteiger partial charge in [-0.15, -0.1) is 11.6 Å². The van der Waals surface area contributed by atoms with Crippen molar-refractivity contribution in [1.82, 2.24) is 23.8 Å². The molecular weight excluding hydrogens is 580 g/mol. The van der Waals surface area contributed by atoms with Gasteiger partial charge in [-0.1, -0.05) is 39.3 Å². The van der Waals surface area contributed by atoms with Crippen LogP contribution in [0, 0.1) is 0 Å². The molecule has 2 aliphatic heterocycles. The average molecular weight is 651 g/mol. The summed E-state index contributed by atoms with van der Waals surface area (Å²) < 4.78 is 7.78. The van der Waals surface area contributed by atoms with Crippen molar-refractivity contribution in [1.29, 1.82) is 0 Å². The molecule has 2 rings (SSSR count). The van der Waals surface area contributed by atoms with E-state index in [-0.39, 0.29) is 31.3 Å². The summed E-state index contributed by atoms with van der Waals surface area (Å²) in [6.45, 7) is 45.1. The van der Waals surface area contributed by atoms with E-state index >= 15 is 0 Å². The fourth-order valence-corrected chi connectivity index (χ4v) is 16.0. The molecule has 2 saturated heterocycles. The van der Waals surface area contributed by atoms with E-state index in [1.54, 1.807) is 0 Å². The van der Waals surface area contributed by atoms with Gasteiger partial charge in [0.05, 0.1) is 18.2 Å². The molecule has 0 unspecified atom stereocenters. The van der Waals surface area contributed by atoms with E-state index in [0.29, 0.717) is 36.5 Å². The Labute approximate surface area is 283 Å². The van der Waals surface area contributed by atoms with E-state index in [1.165, 1.54) is 19.6 Å². The van der Waals surface area contributed by atoms with E-state index in [2.05, 4.69) is 119 Å². The summed E-state index contributed by atoms with van der Waals surface area (Å²) >= 11 is 6.00. The summed E-state index contributed by atoms with van der Waals surface area (Å²) in [5.41, 5.74) is 0. The SMILES string of the molecule is CC(C)N1CCN(C(C)C)C1CCl.CC(C)N1CCN(C(C)C)C1CN([Si](C)(C)C)[Si](C)(C)C.CCOCC.[Cl-].[Li+]. The third-order valence-corrected chi connectivity index (χ3v) is 15.8. The van der Waals surface area contributed by atoms with Crippen LogP contribution in [0.4, 0.5) is 0 Å². The quantitative estimate of drug-likeness (QED) is 0.242. The minimum atomic E-state index is -1.28. The second kappa shape index (κ2) is 22.0. The second-order valence-corrected chi connectivity index (χ2v) is 24.7. The van der Waals surface area contributed by atoms with E-state index in [0.717, 1.165) is 32.2 Å². The number of ether oxygens (including phenoxy) is 1. The van der Waals surface area contributed by atoms with Crippen LogP contribution in [0.3, 0.4) is 0 Å². The van der Waals surface area contributed by atoms with Crippen LogP contribution in [-0.4, -0.2) is 129 Å². The molecule has 2 heterocycles. The fraction of sp³-hybridized carbons (Fsp3) is 1.00. The molecule has 0 radical (unpaired) electrons. The molecule has 11 heteroatoms. The van der Waals surface area contributed by atoms with Crippen LogP contribution in [0.15, 0.2) is 0 Å². The number of halogens is 2. The first kappa shape index (κ1) is 46.8. The van der Waals surface area contributed by atoms with Crippen LogP contribution in [0.25, 0.3) is 0 Å². The normalized spacial score (nSPS) is 18.6. The van der Waals surface area contributed by atoms with Crippen LogP contribution >= 0.6 is 11.6 Å². The van der Waals surface area contributed by atoms with Gasteiger partial charge >= 0.3 is 18.9 Å². The van der Waals surface area contributed by atoms with Crippen molar-refractivity contribution in [2.45, 2.75) is 145 Å². The number of rotatable bonds is 11. The summed E-state index contributed by atoms with van der Waals surface area (Å²) in [4.78, 5) is 10.4. The first-order valence-corrected chi connectivity index (χ1v) is 23.2. The van der Waals surface area contributed by atoms with Gasteiger partial charge in [-0.3, -0.25) is 19.6 Å². The predicted molar refractivity (Wildman–Crippen MR) is 181 cm³/mol. The molecule has 41 heavy (non-hydrogen) atoms. The number of nitrogens with zero attached hydrogens (tertiary/aromatic N) is 5. The van der Waals surface area contributed by atoms with Gasteiger partial charge in [-0.05, 0) is 69.2 Å². The van der Waals surface area contributed by atoms with Crippen LogP contribution in [0.2, 0.25) is 39.3 Å². The molecule has 0 aromatic carbocycles. The van der Waals surface area contributed by atoms with Gasteiger partial charge < -0.3 is 21.4 Å². The Bertz CT molecular complexity index is 603. The smallest absolute Gasteiger partial charge is 1.00 e. The number of hydrogen-bond acceptors (Lipinski definition) is 6. The summed E-state index contributed by atoms with van der Waals surface area (Å²) in [5.74, 6) is 0.719. The first-order valence-electron chi connectivity index (χ1n) is 15.8. The first-order chi connectivity index (χ1) is 17.8. The third kappa shape index (κ3) is 16.0. The second-order valence-electron chi connectivity index (χ2n) is 14.2. The van der Waals surface area contributed by atoms with Gasteiger partial charge in [0.2, 0.25) is 0 Å². The van der Waals surface area contributed by atoms with Gasteiger partial charge in [0, 0.05) is 70.1 Å². The molecule has 0 spiro atoms. The zero-order chi connectivity index (χ0) is 30.7. The molecule has 0 atom stereocenters. The molecule has 244 valence electrons. The summed E-state index contributed by atoms with van der Waals surface area (Å²) in [5, 5.41) is 0. The van der Waals surface area contributed by atoms with Gasteiger partial charge in [0.25, 0.3) is 0 Å². The van der Waals surface area contributed by atoms with Crippen molar-refractivity contribution < 1.29 is 36.0 Å². The third-order valence-electron chi connectivity index (χ3n) is 7.93. The zero-order valence-electron chi connectivity index (χ0n) is 30.5. The van der Waals surface area contributed by atoms with Crippen molar-refractivity contribution in [3.8, 4) is 0 Å². The molecule has 2 fully saturated rings. The van der Waals surface area contributed by atoms with E-state index in [4.69, 9.17) is 16.3 Å². The molecule has 0 N–H and O–H groups in total. The summed E-state index contributed by atoms with van der Waals surface area (Å²) in [6.07, 6.45) is 1.05. The monoisotopic (exact) mass is 649 g/mol. The molecule has 0 aliphatic carbocycles. The zero-order valence-corrected chi connectivity index (χ0v) is 34.0. The van der Waals surface area contributed by atoms with Crippen molar-refractivity contribution in [3.63, 3.8) is 0 Å². The molecule has 0 bridgehead atoms. The molecule has 0 saturated carbocycles. The van der Waals surface area contributed by atoms with E-state index < -0.39 is 16.5 Å². The molecule has 0 amide bonds. The van der Waals surface area contributed by atoms with E-state index in [1.807, 2.05) is 13.8 Å². The van der Waals surface area contributed by atoms with Gasteiger partial charge in [-0.25, -0.2) is 0 Å². The fourth-order valence-electron chi connectivity index (χ4n) is 6.16. The van der Waals surface area contributed by atoms with Gasteiger partial charge in [0.1, 0.15) is 16.5 Å². The topological polar surface area (TPSA) is 25.4 Å². The average Bonchev–Trinajstić information content (AvgIpc) is 3.42. The maximum Gasteiger partial charge on any atom is 1.00 e. The predicted octanol–water partition coefficient (Wildman–Crippen LogP) is 0.755. The minimum absolute atomic E-state index is 0. The van der Waals surface area contributed by atoms with Crippen molar-refractivity contribution in [2.24, 2.45) is 0 Å². The summed E-state index contributed by atoms with van der Waals surface area (Å²) in [7, 11) is -2.55. The van der Waals surface area contributed by atoms with E-state index in [9.17, 15) is 0 Å². The van der Waals surface area contributed by atoms with Crippen molar-refractivity contribution in [3.05, 3.63) is 0 Å². The summed E-state index contributed by atoms with van der Waals surface area (Å²) in [6, 6.07) is 2.49. The number of hydrogen-bond donors (Lipinski definition) is 0. The molecule has 0 aromatic rings. The molecular formula is C30H70Cl2LiN5OSi2. The Kier molecular flexibility index (Phi) is 25.1. The van der Waals surface area contributed by atoms with Crippen LogP contribution in [-0.2, 0) is 4.74 Å². The Morgan fingerprint density at radius 3 is 1.07 bits per heavy atom. The van der Waals surface area contributed by atoms with Crippen LogP contribution in [0.1, 0.15) is 69.2 Å². The maximum atomic E-state index is 6.00. The maximum absolute atomic E-state index is 6.00.